The molecule has 4 nitrogen and oxygen atoms in total. The van der Waals surface area contributed by atoms with Gasteiger partial charge in [0.1, 0.15) is 11.5 Å². The summed E-state index contributed by atoms with van der Waals surface area (Å²) >= 11 is 5.93. The molecule has 5 heteroatoms. The molecule has 0 radical (unpaired) electrons. The average molecular weight is 232 g/mol. The fraction of sp³-hybridized carbons (Fsp3) is 0.400. The number of aliphatic hydroxyl groups is 1. The molecule has 0 bridgehead atoms. The summed E-state index contributed by atoms with van der Waals surface area (Å²) in [7, 11) is 2.99. The van der Waals surface area contributed by atoms with Crippen molar-refractivity contribution in [1.82, 2.24) is 0 Å². The second-order valence-electron chi connectivity index (χ2n) is 2.95. The van der Waals surface area contributed by atoms with Gasteiger partial charge < -0.3 is 20.3 Å². The van der Waals surface area contributed by atoms with E-state index in [4.69, 9.17) is 26.8 Å². The number of rotatable bonds is 4. The zero-order valence-corrected chi connectivity index (χ0v) is 9.41. The first-order valence-electron chi connectivity index (χ1n) is 4.44. The molecule has 1 atom stereocenters. The van der Waals surface area contributed by atoms with Gasteiger partial charge in [0.15, 0.2) is 0 Å². The van der Waals surface area contributed by atoms with Crippen LogP contribution in [0.4, 0.5) is 0 Å². The SMILES string of the molecule is COc1ccc(Cl)c(OC)c1C(O)CN. The van der Waals surface area contributed by atoms with Crippen molar-refractivity contribution in [3.8, 4) is 11.5 Å². The Balaban J connectivity index is 3.33. The van der Waals surface area contributed by atoms with Crippen molar-refractivity contribution < 1.29 is 14.6 Å². The standard InChI is InChI=1S/C10H14ClNO3/c1-14-8-4-3-6(11)10(15-2)9(8)7(13)5-12/h3-4,7,13H,5,12H2,1-2H3. The molecule has 1 unspecified atom stereocenters. The van der Waals surface area contributed by atoms with E-state index < -0.39 is 6.10 Å². The first-order valence-corrected chi connectivity index (χ1v) is 4.82. The van der Waals surface area contributed by atoms with E-state index in [2.05, 4.69) is 0 Å². The lowest BCUT2D eigenvalue weighted by molar-refractivity contribution is 0.177. The van der Waals surface area contributed by atoms with Crippen molar-refractivity contribution in [2.75, 3.05) is 20.8 Å². The molecule has 84 valence electrons. The van der Waals surface area contributed by atoms with Crippen LogP contribution in [0.2, 0.25) is 5.02 Å². The van der Waals surface area contributed by atoms with E-state index in [-0.39, 0.29) is 6.54 Å². The third-order valence-corrected chi connectivity index (χ3v) is 2.39. The summed E-state index contributed by atoms with van der Waals surface area (Å²) in [5, 5.41) is 10.2. The number of hydrogen-bond acceptors (Lipinski definition) is 4. The summed E-state index contributed by atoms with van der Waals surface area (Å²) in [6.45, 7) is 0.0765. The summed E-state index contributed by atoms with van der Waals surface area (Å²) in [5.41, 5.74) is 5.88. The molecule has 0 spiro atoms. The normalized spacial score (nSPS) is 12.3. The first kappa shape index (κ1) is 12.1. The molecule has 0 fully saturated rings. The largest absolute Gasteiger partial charge is 0.496 e. The molecule has 15 heavy (non-hydrogen) atoms. The Morgan fingerprint density at radius 2 is 2.07 bits per heavy atom. The molecule has 0 aromatic heterocycles. The fourth-order valence-electron chi connectivity index (χ4n) is 1.37. The van der Waals surface area contributed by atoms with E-state index in [1.807, 2.05) is 0 Å². The Morgan fingerprint density at radius 3 is 2.53 bits per heavy atom. The maximum atomic E-state index is 9.73. The van der Waals surface area contributed by atoms with Crippen LogP contribution in [0.15, 0.2) is 12.1 Å². The molecular weight excluding hydrogens is 218 g/mol. The maximum absolute atomic E-state index is 9.73. The number of nitrogens with two attached hydrogens (primary N) is 1. The van der Waals surface area contributed by atoms with E-state index in [0.717, 1.165) is 0 Å². The highest BCUT2D eigenvalue weighted by molar-refractivity contribution is 6.32. The third kappa shape index (κ3) is 2.34. The second kappa shape index (κ2) is 5.21. The third-order valence-electron chi connectivity index (χ3n) is 2.09. The zero-order chi connectivity index (χ0) is 11.4. The summed E-state index contributed by atoms with van der Waals surface area (Å²) in [5.74, 6) is 0.906. The predicted octanol–water partition coefficient (Wildman–Crippen LogP) is 1.35. The zero-order valence-electron chi connectivity index (χ0n) is 8.66. The van der Waals surface area contributed by atoms with Crippen LogP contribution in [-0.2, 0) is 0 Å². The Bertz CT molecular complexity index is 344. The van der Waals surface area contributed by atoms with Gasteiger partial charge in [-0.05, 0) is 12.1 Å². The minimum Gasteiger partial charge on any atom is -0.496 e. The Hall–Kier alpha value is -0.970. The molecular formula is C10H14ClNO3. The van der Waals surface area contributed by atoms with Crippen molar-refractivity contribution >= 4 is 11.6 Å². The minimum absolute atomic E-state index is 0.0765. The Morgan fingerprint density at radius 1 is 1.40 bits per heavy atom. The van der Waals surface area contributed by atoms with Crippen LogP contribution in [0.5, 0.6) is 11.5 Å². The summed E-state index contributed by atoms with van der Waals surface area (Å²) in [4.78, 5) is 0. The smallest absolute Gasteiger partial charge is 0.147 e. The van der Waals surface area contributed by atoms with Crippen LogP contribution < -0.4 is 15.2 Å². The summed E-state index contributed by atoms with van der Waals surface area (Å²) < 4.78 is 10.2. The number of methoxy groups -OCH3 is 2. The molecule has 1 aromatic carbocycles. The lowest BCUT2D eigenvalue weighted by Crippen LogP contribution is -2.13. The quantitative estimate of drug-likeness (QED) is 0.821. The Kier molecular flexibility index (Phi) is 4.20. The number of aliphatic hydroxyl groups excluding tert-OH is 1. The topological polar surface area (TPSA) is 64.7 Å². The molecule has 1 aromatic rings. The molecule has 0 heterocycles. The van der Waals surface area contributed by atoms with Crippen molar-refractivity contribution in [2.45, 2.75) is 6.10 Å². The highest BCUT2D eigenvalue weighted by Gasteiger charge is 2.20. The van der Waals surface area contributed by atoms with E-state index in [0.29, 0.717) is 22.1 Å². The van der Waals surface area contributed by atoms with Crippen molar-refractivity contribution in [3.05, 3.63) is 22.7 Å². The van der Waals surface area contributed by atoms with Gasteiger partial charge in [-0.2, -0.15) is 0 Å². The van der Waals surface area contributed by atoms with Gasteiger partial charge >= 0.3 is 0 Å². The molecule has 0 saturated heterocycles. The monoisotopic (exact) mass is 231 g/mol. The lowest BCUT2D eigenvalue weighted by atomic mass is 10.1. The summed E-state index contributed by atoms with van der Waals surface area (Å²) in [6.07, 6.45) is -0.853. The molecule has 3 N–H and O–H groups in total. The van der Waals surface area contributed by atoms with E-state index in [9.17, 15) is 5.11 Å². The highest BCUT2D eigenvalue weighted by atomic mass is 35.5. The molecule has 0 aliphatic rings. The van der Waals surface area contributed by atoms with Gasteiger partial charge in [-0.15, -0.1) is 0 Å². The van der Waals surface area contributed by atoms with E-state index in [1.165, 1.54) is 14.2 Å². The van der Waals surface area contributed by atoms with E-state index in [1.54, 1.807) is 12.1 Å². The number of ether oxygens (including phenoxy) is 2. The highest BCUT2D eigenvalue weighted by Crippen LogP contribution is 2.38. The number of hydrogen-bond donors (Lipinski definition) is 2. The fourth-order valence-corrected chi connectivity index (χ4v) is 1.62. The van der Waals surface area contributed by atoms with Gasteiger partial charge in [-0.25, -0.2) is 0 Å². The van der Waals surface area contributed by atoms with Crippen molar-refractivity contribution in [3.63, 3.8) is 0 Å². The van der Waals surface area contributed by atoms with Crippen LogP contribution in [0.25, 0.3) is 0 Å². The number of halogens is 1. The van der Waals surface area contributed by atoms with Crippen LogP contribution in [0.1, 0.15) is 11.7 Å². The van der Waals surface area contributed by atoms with Gasteiger partial charge in [0.05, 0.1) is 30.9 Å². The van der Waals surface area contributed by atoms with Crippen LogP contribution in [0.3, 0.4) is 0 Å². The molecule has 0 aliphatic carbocycles. The van der Waals surface area contributed by atoms with Crippen LogP contribution in [-0.4, -0.2) is 25.9 Å². The molecule has 1 rings (SSSR count). The second-order valence-corrected chi connectivity index (χ2v) is 3.36. The molecule has 0 saturated carbocycles. The van der Waals surface area contributed by atoms with Crippen LogP contribution >= 0.6 is 11.6 Å². The van der Waals surface area contributed by atoms with Gasteiger partial charge in [0.2, 0.25) is 0 Å². The average Bonchev–Trinajstić information content (AvgIpc) is 2.27. The van der Waals surface area contributed by atoms with Gasteiger partial charge in [0, 0.05) is 6.54 Å². The predicted molar refractivity (Wildman–Crippen MR) is 58.6 cm³/mol. The van der Waals surface area contributed by atoms with Gasteiger partial charge in [-0.3, -0.25) is 0 Å². The van der Waals surface area contributed by atoms with Crippen molar-refractivity contribution in [1.29, 1.82) is 0 Å². The van der Waals surface area contributed by atoms with Crippen molar-refractivity contribution in [2.24, 2.45) is 5.73 Å². The molecule has 0 amide bonds. The summed E-state index contributed by atoms with van der Waals surface area (Å²) in [6, 6.07) is 3.31. The van der Waals surface area contributed by atoms with Gasteiger partial charge in [0.25, 0.3) is 0 Å². The van der Waals surface area contributed by atoms with Gasteiger partial charge in [-0.1, -0.05) is 11.6 Å². The Labute approximate surface area is 93.6 Å². The van der Waals surface area contributed by atoms with Crippen LogP contribution in [0, 0.1) is 0 Å². The van der Waals surface area contributed by atoms with E-state index >= 15 is 0 Å². The maximum Gasteiger partial charge on any atom is 0.147 e. The minimum atomic E-state index is -0.853. The first-order chi connectivity index (χ1) is 7.15. The molecule has 0 aliphatic heterocycles. The lowest BCUT2D eigenvalue weighted by Gasteiger charge is -2.17. The number of benzene rings is 1.